The van der Waals surface area contributed by atoms with Gasteiger partial charge in [0, 0.05) is 10.3 Å². The maximum absolute atomic E-state index is 13.5. The van der Waals surface area contributed by atoms with Crippen molar-refractivity contribution in [3.63, 3.8) is 0 Å². The Balaban J connectivity index is 1.80. The van der Waals surface area contributed by atoms with Gasteiger partial charge in [-0.15, -0.1) is 11.8 Å². The van der Waals surface area contributed by atoms with E-state index in [9.17, 15) is 9.18 Å². The molecule has 1 aromatic carbocycles. The number of piperidine rings is 1. The lowest BCUT2D eigenvalue weighted by molar-refractivity contribution is -0.113. The van der Waals surface area contributed by atoms with E-state index in [4.69, 9.17) is 11.6 Å². The highest BCUT2D eigenvalue weighted by Gasteiger charge is 2.15. The molecule has 3 nitrogen and oxygen atoms in total. The van der Waals surface area contributed by atoms with Gasteiger partial charge in [-0.05, 0) is 44.1 Å². The van der Waals surface area contributed by atoms with Crippen LogP contribution in [0.3, 0.4) is 0 Å². The zero-order chi connectivity index (χ0) is 13.7. The maximum atomic E-state index is 13.5. The zero-order valence-electron chi connectivity index (χ0n) is 10.4. The van der Waals surface area contributed by atoms with E-state index in [1.807, 2.05) is 0 Å². The molecule has 0 aliphatic carbocycles. The lowest BCUT2D eigenvalue weighted by Gasteiger charge is -2.21. The van der Waals surface area contributed by atoms with E-state index >= 15 is 0 Å². The summed E-state index contributed by atoms with van der Waals surface area (Å²) < 4.78 is 13.5. The number of benzene rings is 1. The van der Waals surface area contributed by atoms with Crippen molar-refractivity contribution < 1.29 is 9.18 Å². The van der Waals surface area contributed by atoms with Crippen LogP contribution in [0, 0.1) is 5.82 Å². The summed E-state index contributed by atoms with van der Waals surface area (Å²) in [5.41, 5.74) is 0.181. The van der Waals surface area contributed by atoms with Gasteiger partial charge in [0.15, 0.2) is 0 Å². The third-order valence-corrected chi connectivity index (χ3v) is 4.55. The number of carbonyl (C=O) groups is 1. The van der Waals surface area contributed by atoms with Crippen molar-refractivity contribution in [1.29, 1.82) is 0 Å². The van der Waals surface area contributed by atoms with Crippen LogP contribution >= 0.6 is 23.4 Å². The highest BCUT2D eigenvalue weighted by molar-refractivity contribution is 8.00. The molecule has 1 amide bonds. The normalized spacial score (nSPS) is 16.3. The van der Waals surface area contributed by atoms with Gasteiger partial charge in [0.1, 0.15) is 5.82 Å². The Hall–Kier alpha value is -0.780. The smallest absolute Gasteiger partial charge is 0.234 e. The SMILES string of the molecule is O=C(CSC1CCNCC1)Nc1ccc(Cl)cc1F. The summed E-state index contributed by atoms with van der Waals surface area (Å²) in [5.74, 6) is -0.329. The van der Waals surface area contributed by atoms with Crippen molar-refractivity contribution in [2.75, 3.05) is 24.2 Å². The van der Waals surface area contributed by atoms with Crippen molar-refractivity contribution in [2.45, 2.75) is 18.1 Å². The third kappa shape index (κ3) is 4.67. The number of hydrogen-bond donors (Lipinski definition) is 2. The van der Waals surface area contributed by atoms with Crippen LogP contribution < -0.4 is 10.6 Å². The molecule has 1 fully saturated rings. The molecule has 2 rings (SSSR count). The lowest BCUT2D eigenvalue weighted by Crippen LogP contribution is -2.30. The number of nitrogens with one attached hydrogen (secondary N) is 2. The van der Waals surface area contributed by atoms with Gasteiger partial charge in [0.2, 0.25) is 5.91 Å². The van der Waals surface area contributed by atoms with Gasteiger partial charge in [-0.3, -0.25) is 4.79 Å². The summed E-state index contributed by atoms with van der Waals surface area (Å²) in [7, 11) is 0. The minimum absolute atomic E-state index is 0.176. The Bertz CT molecular complexity index is 452. The van der Waals surface area contributed by atoms with E-state index in [1.165, 1.54) is 12.1 Å². The minimum Gasteiger partial charge on any atom is -0.323 e. The number of hydrogen-bond acceptors (Lipinski definition) is 3. The number of halogens is 2. The van der Waals surface area contributed by atoms with Crippen LogP contribution in [0.25, 0.3) is 0 Å². The predicted molar refractivity (Wildman–Crippen MR) is 78.4 cm³/mol. The summed E-state index contributed by atoms with van der Waals surface area (Å²) in [6, 6.07) is 4.22. The molecular weight excluding hydrogens is 287 g/mol. The molecule has 1 aliphatic heterocycles. The van der Waals surface area contributed by atoms with Crippen LogP contribution in [0.1, 0.15) is 12.8 Å². The van der Waals surface area contributed by atoms with Gasteiger partial charge in [-0.2, -0.15) is 0 Å². The highest BCUT2D eigenvalue weighted by Crippen LogP contribution is 2.22. The number of amides is 1. The maximum Gasteiger partial charge on any atom is 0.234 e. The van der Waals surface area contributed by atoms with E-state index in [2.05, 4.69) is 10.6 Å². The first-order valence-corrected chi connectivity index (χ1v) is 7.65. The Morgan fingerprint density at radius 2 is 2.21 bits per heavy atom. The number of rotatable bonds is 4. The molecule has 0 atom stereocenters. The molecule has 1 aliphatic rings. The van der Waals surface area contributed by atoms with Crippen LogP contribution in [0.2, 0.25) is 5.02 Å². The molecule has 0 aromatic heterocycles. The van der Waals surface area contributed by atoms with Gasteiger partial charge >= 0.3 is 0 Å². The Labute approximate surface area is 121 Å². The molecule has 2 N–H and O–H groups in total. The van der Waals surface area contributed by atoms with Crippen molar-refractivity contribution in [1.82, 2.24) is 5.32 Å². The molecule has 0 saturated carbocycles. The topological polar surface area (TPSA) is 41.1 Å². The Morgan fingerprint density at radius 1 is 1.47 bits per heavy atom. The van der Waals surface area contributed by atoms with E-state index in [0.717, 1.165) is 25.9 Å². The lowest BCUT2D eigenvalue weighted by atomic mass is 10.2. The first kappa shape index (κ1) is 14.6. The first-order chi connectivity index (χ1) is 9.15. The summed E-state index contributed by atoms with van der Waals surface area (Å²) in [5, 5.41) is 6.68. The minimum atomic E-state index is -0.507. The Morgan fingerprint density at radius 3 is 2.89 bits per heavy atom. The molecule has 1 saturated heterocycles. The van der Waals surface area contributed by atoms with E-state index in [-0.39, 0.29) is 11.6 Å². The number of anilines is 1. The zero-order valence-corrected chi connectivity index (χ0v) is 12.0. The van der Waals surface area contributed by atoms with Crippen LogP contribution in [0.4, 0.5) is 10.1 Å². The highest BCUT2D eigenvalue weighted by atomic mass is 35.5. The predicted octanol–water partition coefficient (Wildman–Crippen LogP) is 2.90. The van der Waals surface area contributed by atoms with Crippen LogP contribution in [-0.4, -0.2) is 30.0 Å². The monoisotopic (exact) mass is 302 g/mol. The van der Waals surface area contributed by atoms with Crippen molar-refractivity contribution >= 4 is 35.0 Å². The summed E-state index contributed by atoms with van der Waals surface area (Å²) in [6.45, 7) is 2.01. The molecule has 19 heavy (non-hydrogen) atoms. The van der Waals surface area contributed by atoms with Gasteiger partial charge < -0.3 is 10.6 Å². The largest absolute Gasteiger partial charge is 0.323 e. The van der Waals surface area contributed by atoms with Crippen LogP contribution in [0.5, 0.6) is 0 Å². The fourth-order valence-electron chi connectivity index (χ4n) is 1.93. The standard InChI is InChI=1S/C13H16ClFN2OS/c14-9-1-2-12(11(15)7-9)17-13(18)8-19-10-3-5-16-6-4-10/h1-2,7,10,16H,3-6,8H2,(H,17,18). The van der Waals surface area contributed by atoms with Gasteiger partial charge in [-0.25, -0.2) is 4.39 Å². The quantitative estimate of drug-likeness (QED) is 0.898. The van der Waals surface area contributed by atoms with Crippen molar-refractivity contribution in [3.05, 3.63) is 29.0 Å². The molecule has 6 heteroatoms. The molecule has 0 spiro atoms. The van der Waals surface area contributed by atoms with Gasteiger partial charge in [-0.1, -0.05) is 11.6 Å². The van der Waals surface area contributed by atoms with Crippen LogP contribution in [-0.2, 0) is 4.79 Å². The fraction of sp³-hybridized carbons (Fsp3) is 0.462. The molecule has 0 unspecified atom stereocenters. The Kier molecular flexibility index (Phi) is 5.48. The fourth-order valence-corrected chi connectivity index (χ4v) is 3.12. The van der Waals surface area contributed by atoms with Crippen LogP contribution in [0.15, 0.2) is 18.2 Å². The third-order valence-electron chi connectivity index (χ3n) is 2.94. The van der Waals surface area contributed by atoms with Crippen molar-refractivity contribution in [3.8, 4) is 0 Å². The van der Waals surface area contributed by atoms with Gasteiger partial charge in [0.25, 0.3) is 0 Å². The van der Waals surface area contributed by atoms with Gasteiger partial charge in [0.05, 0.1) is 11.4 Å². The van der Waals surface area contributed by atoms with E-state index < -0.39 is 5.82 Å². The van der Waals surface area contributed by atoms with E-state index in [1.54, 1.807) is 17.8 Å². The average molecular weight is 303 g/mol. The second kappa shape index (κ2) is 7.12. The molecule has 0 radical (unpaired) electrons. The van der Waals surface area contributed by atoms with E-state index in [0.29, 0.717) is 16.0 Å². The first-order valence-electron chi connectivity index (χ1n) is 6.22. The molecule has 1 heterocycles. The molecule has 1 aromatic rings. The summed E-state index contributed by atoms with van der Waals surface area (Å²) in [6.07, 6.45) is 2.15. The number of thioether (sulfide) groups is 1. The average Bonchev–Trinajstić information content (AvgIpc) is 2.41. The van der Waals surface area contributed by atoms with Crippen molar-refractivity contribution in [2.24, 2.45) is 0 Å². The number of carbonyl (C=O) groups excluding carboxylic acids is 1. The molecular formula is C13H16ClFN2OS. The molecule has 104 valence electrons. The summed E-state index contributed by atoms with van der Waals surface area (Å²) >= 11 is 7.29. The summed E-state index contributed by atoms with van der Waals surface area (Å²) in [4.78, 5) is 11.7. The second-order valence-electron chi connectivity index (χ2n) is 4.43. The second-order valence-corrected chi connectivity index (χ2v) is 6.16. The molecule has 0 bridgehead atoms.